The van der Waals surface area contributed by atoms with Gasteiger partial charge in [-0.25, -0.2) is 0 Å². The lowest BCUT2D eigenvalue weighted by Gasteiger charge is -2.06. The summed E-state index contributed by atoms with van der Waals surface area (Å²) in [6.07, 6.45) is 1.77. The standard InChI is InChI=1S/C15H15NO2/c1-15(2)12(13(15)14(17)18)10-7-8-16-11-6-4-3-5-9(10)11/h3-8,12-13H,1-2H3,(H,17,18)/t12-,13+/m1/s1. The number of nitrogens with zero attached hydrogens (tertiary/aromatic N) is 1. The number of aromatic nitrogens is 1. The van der Waals surface area contributed by atoms with Gasteiger partial charge in [-0.2, -0.15) is 0 Å². The van der Waals surface area contributed by atoms with Crippen molar-refractivity contribution < 1.29 is 9.90 Å². The van der Waals surface area contributed by atoms with Crippen LogP contribution in [0, 0.1) is 11.3 Å². The first kappa shape index (κ1) is 11.2. The van der Waals surface area contributed by atoms with Gasteiger partial charge in [0.15, 0.2) is 0 Å². The maximum Gasteiger partial charge on any atom is 0.307 e. The van der Waals surface area contributed by atoms with Crippen LogP contribution < -0.4 is 0 Å². The monoisotopic (exact) mass is 241 g/mol. The van der Waals surface area contributed by atoms with E-state index in [9.17, 15) is 9.90 Å². The fourth-order valence-electron chi connectivity index (χ4n) is 3.07. The molecule has 18 heavy (non-hydrogen) atoms. The average Bonchev–Trinajstić information content (AvgIpc) is 2.91. The fourth-order valence-corrected chi connectivity index (χ4v) is 3.07. The summed E-state index contributed by atoms with van der Waals surface area (Å²) in [6, 6.07) is 9.86. The van der Waals surface area contributed by atoms with E-state index < -0.39 is 5.97 Å². The van der Waals surface area contributed by atoms with Crippen molar-refractivity contribution in [1.29, 1.82) is 0 Å². The Balaban J connectivity index is 2.14. The molecule has 1 saturated carbocycles. The molecule has 1 heterocycles. The summed E-state index contributed by atoms with van der Waals surface area (Å²) in [5.41, 5.74) is 1.87. The van der Waals surface area contributed by atoms with Crippen molar-refractivity contribution in [1.82, 2.24) is 4.98 Å². The van der Waals surface area contributed by atoms with Gasteiger partial charge in [-0.15, -0.1) is 0 Å². The molecule has 1 fully saturated rings. The third-order valence-corrected chi connectivity index (χ3v) is 4.11. The molecule has 0 amide bonds. The molecule has 0 radical (unpaired) electrons. The Bertz CT molecular complexity index is 628. The first-order chi connectivity index (χ1) is 8.53. The highest BCUT2D eigenvalue weighted by atomic mass is 16.4. The zero-order chi connectivity index (χ0) is 12.9. The largest absolute Gasteiger partial charge is 0.481 e. The van der Waals surface area contributed by atoms with Crippen LogP contribution in [0.25, 0.3) is 10.9 Å². The molecule has 1 N–H and O–H groups in total. The summed E-state index contributed by atoms with van der Waals surface area (Å²) >= 11 is 0. The molecule has 2 aromatic rings. The van der Waals surface area contributed by atoms with Crippen LogP contribution >= 0.6 is 0 Å². The minimum atomic E-state index is -0.703. The minimum Gasteiger partial charge on any atom is -0.481 e. The van der Waals surface area contributed by atoms with Gasteiger partial charge in [0.25, 0.3) is 0 Å². The summed E-state index contributed by atoms with van der Waals surface area (Å²) in [6.45, 7) is 4.04. The van der Waals surface area contributed by atoms with Crippen molar-refractivity contribution in [3.05, 3.63) is 42.1 Å². The van der Waals surface area contributed by atoms with Crippen molar-refractivity contribution in [3.63, 3.8) is 0 Å². The van der Waals surface area contributed by atoms with E-state index in [0.717, 1.165) is 16.5 Å². The Morgan fingerprint density at radius 3 is 2.67 bits per heavy atom. The second kappa shape index (κ2) is 3.55. The van der Waals surface area contributed by atoms with E-state index in [1.807, 2.05) is 44.2 Å². The number of hydrogen-bond acceptors (Lipinski definition) is 2. The smallest absolute Gasteiger partial charge is 0.307 e. The Labute approximate surface area is 105 Å². The highest BCUT2D eigenvalue weighted by molar-refractivity contribution is 5.86. The summed E-state index contributed by atoms with van der Waals surface area (Å²) < 4.78 is 0. The molecule has 1 aliphatic carbocycles. The second-order valence-corrected chi connectivity index (χ2v) is 5.53. The predicted octanol–water partition coefficient (Wildman–Crippen LogP) is 3.06. The van der Waals surface area contributed by atoms with Gasteiger partial charge >= 0.3 is 5.97 Å². The van der Waals surface area contributed by atoms with Crippen molar-refractivity contribution in [2.75, 3.05) is 0 Å². The molecule has 92 valence electrons. The van der Waals surface area contributed by atoms with E-state index in [0.29, 0.717) is 0 Å². The Morgan fingerprint density at radius 2 is 2.00 bits per heavy atom. The summed E-state index contributed by atoms with van der Waals surface area (Å²) in [7, 11) is 0. The first-order valence-corrected chi connectivity index (χ1v) is 6.10. The Morgan fingerprint density at radius 1 is 1.28 bits per heavy atom. The van der Waals surface area contributed by atoms with Crippen LogP contribution in [0.1, 0.15) is 25.3 Å². The molecule has 3 nitrogen and oxygen atoms in total. The van der Waals surface area contributed by atoms with Crippen LogP contribution in [0.15, 0.2) is 36.5 Å². The molecule has 0 spiro atoms. The number of carboxylic acid groups (broad SMARTS) is 1. The van der Waals surface area contributed by atoms with E-state index in [2.05, 4.69) is 4.98 Å². The van der Waals surface area contributed by atoms with Gasteiger partial charge in [-0.05, 0) is 23.1 Å². The van der Waals surface area contributed by atoms with Crippen LogP contribution in [-0.2, 0) is 4.79 Å². The predicted molar refractivity (Wildman–Crippen MR) is 69.4 cm³/mol. The van der Waals surface area contributed by atoms with Gasteiger partial charge in [0.2, 0.25) is 0 Å². The van der Waals surface area contributed by atoms with Crippen molar-refractivity contribution in [3.8, 4) is 0 Å². The van der Waals surface area contributed by atoms with Crippen LogP contribution in [0.5, 0.6) is 0 Å². The van der Waals surface area contributed by atoms with Crippen molar-refractivity contribution >= 4 is 16.9 Å². The van der Waals surface area contributed by atoms with Gasteiger partial charge in [0.1, 0.15) is 0 Å². The second-order valence-electron chi connectivity index (χ2n) is 5.53. The van der Waals surface area contributed by atoms with Crippen LogP contribution in [0.2, 0.25) is 0 Å². The first-order valence-electron chi connectivity index (χ1n) is 6.10. The number of fused-ring (bicyclic) bond motifs is 1. The third-order valence-electron chi connectivity index (χ3n) is 4.11. The molecule has 1 aromatic carbocycles. The number of carbonyl (C=O) groups is 1. The number of hydrogen-bond donors (Lipinski definition) is 1. The average molecular weight is 241 g/mol. The van der Waals surface area contributed by atoms with E-state index >= 15 is 0 Å². The summed E-state index contributed by atoms with van der Waals surface area (Å²) in [5.74, 6) is -0.905. The van der Waals surface area contributed by atoms with E-state index in [4.69, 9.17) is 0 Å². The van der Waals surface area contributed by atoms with Gasteiger partial charge in [-0.1, -0.05) is 32.0 Å². The maximum absolute atomic E-state index is 11.3. The molecule has 0 saturated heterocycles. The molecule has 0 unspecified atom stereocenters. The van der Waals surface area contributed by atoms with E-state index in [1.54, 1.807) is 6.20 Å². The maximum atomic E-state index is 11.3. The molecule has 0 aliphatic heterocycles. The number of carboxylic acids is 1. The summed E-state index contributed by atoms with van der Waals surface area (Å²) in [4.78, 5) is 15.6. The number of aliphatic carboxylic acids is 1. The molecule has 3 heteroatoms. The van der Waals surface area contributed by atoms with Gasteiger partial charge in [0.05, 0.1) is 11.4 Å². The third kappa shape index (κ3) is 1.43. The number of benzene rings is 1. The molecule has 1 aliphatic rings. The van der Waals surface area contributed by atoms with Crippen molar-refractivity contribution in [2.45, 2.75) is 19.8 Å². The number of rotatable bonds is 2. The molecule has 0 bridgehead atoms. The highest BCUT2D eigenvalue weighted by Crippen LogP contribution is 2.65. The number of pyridine rings is 1. The van der Waals surface area contributed by atoms with Gasteiger partial charge in [-0.3, -0.25) is 9.78 Å². The van der Waals surface area contributed by atoms with Gasteiger partial charge < -0.3 is 5.11 Å². The lowest BCUT2D eigenvalue weighted by atomic mass is 10.00. The zero-order valence-electron chi connectivity index (χ0n) is 10.4. The van der Waals surface area contributed by atoms with Gasteiger partial charge in [0, 0.05) is 17.5 Å². The SMILES string of the molecule is CC1(C)[C@H](C(=O)O)[C@H]1c1ccnc2ccccc12. The normalized spacial score (nSPS) is 25.0. The van der Waals surface area contributed by atoms with Crippen LogP contribution in [0.4, 0.5) is 0 Å². The van der Waals surface area contributed by atoms with Crippen LogP contribution in [-0.4, -0.2) is 16.1 Å². The lowest BCUT2D eigenvalue weighted by Crippen LogP contribution is -2.03. The van der Waals surface area contributed by atoms with E-state index in [1.165, 1.54) is 0 Å². The Kier molecular flexibility index (Phi) is 2.21. The zero-order valence-corrected chi connectivity index (χ0v) is 10.4. The fraction of sp³-hybridized carbons (Fsp3) is 0.333. The summed E-state index contributed by atoms with van der Waals surface area (Å²) in [5, 5.41) is 10.3. The Hall–Kier alpha value is -1.90. The molecule has 3 rings (SSSR count). The minimum absolute atomic E-state index is 0.0860. The molecule has 2 atom stereocenters. The van der Waals surface area contributed by atoms with Crippen LogP contribution in [0.3, 0.4) is 0 Å². The molecular weight excluding hydrogens is 226 g/mol. The van der Waals surface area contributed by atoms with Crippen molar-refractivity contribution in [2.24, 2.45) is 11.3 Å². The van der Waals surface area contributed by atoms with E-state index in [-0.39, 0.29) is 17.3 Å². The lowest BCUT2D eigenvalue weighted by molar-refractivity contribution is -0.139. The highest BCUT2D eigenvalue weighted by Gasteiger charge is 2.62. The topological polar surface area (TPSA) is 50.2 Å². The molecular formula is C15H15NO2. The molecule has 1 aromatic heterocycles. The number of para-hydroxylation sites is 1. The quantitative estimate of drug-likeness (QED) is 0.879.